The molecule has 2 N–H and O–H groups in total. The first-order chi connectivity index (χ1) is 10.3. The fourth-order valence-corrected chi connectivity index (χ4v) is 2.63. The number of para-hydroxylation sites is 1. The lowest BCUT2D eigenvalue weighted by atomic mass is 10.2. The lowest BCUT2D eigenvalue weighted by Crippen LogP contribution is -1.91. The van der Waals surface area contributed by atoms with Crippen LogP contribution in [0.5, 0.6) is 0 Å². The molecule has 0 radical (unpaired) electrons. The van der Waals surface area contributed by atoms with E-state index in [0.29, 0.717) is 5.95 Å². The minimum absolute atomic E-state index is 0.569. The van der Waals surface area contributed by atoms with Crippen molar-refractivity contribution in [1.82, 2.24) is 15.2 Å². The third kappa shape index (κ3) is 4.00. The van der Waals surface area contributed by atoms with Gasteiger partial charge in [0, 0.05) is 16.5 Å². The molecule has 6 heteroatoms. The van der Waals surface area contributed by atoms with E-state index in [0.717, 1.165) is 21.6 Å². The Labute approximate surface area is 132 Å². The van der Waals surface area contributed by atoms with Gasteiger partial charge in [-0.15, -0.1) is 5.10 Å². The Hall–Kier alpha value is -1.98. The van der Waals surface area contributed by atoms with Gasteiger partial charge in [-0.25, -0.2) is 0 Å². The van der Waals surface area contributed by atoms with E-state index < -0.39 is 0 Å². The molecule has 3 aromatic rings. The normalized spacial score (nSPS) is 10.5. The molecule has 0 saturated heterocycles. The molecule has 0 amide bonds. The predicted octanol–water partition coefficient (Wildman–Crippen LogP) is 4.49. The van der Waals surface area contributed by atoms with E-state index in [1.165, 1.54) is 5.56 Å². The van der Waals surface area contributed by atoms with Crippen molar-refractivity contribution < 1.29 is 0 Å². The molecule has 1 heterocycles. The molecule has 106 valence electrons. The van der Waals surface area contributed by atoms with Crippen molar-refractivity contribution in [2.45, 2.75) is 10.9 Å². The number of nitrogens with one attached hydrogen (secondary N) is 2. The second kappa shape index (κ2) is 6.65. The summed E-state index contributed by atoms with van der Waals surface area (Å²) in [6, 6.07) is 17.6. The summed E-state index contributed by atoms with van der Waals surface area (Å²) in [5.74, 6) is 1.39. The zero-order valence-corrected chi connectivity index (χ0v) is 12.7. The molecule has 0 aliphatic rings. The summed E-state index contributed by atoms with van der Waals surface area (Å²) in [5.41, 5.74) is 2.16. The summed E-state index contributed by atoms with van der Waals surface area (Å²) in [6.07, 6.45) is 0. The number of aromatic nitrogens is 3. The number of aromatic amines is 1. The van der Waals surface area contributed by atoms with Crippen LogP contribution in [0, 0.1) is 0 Å². The number of benzene rings is 2. The fraction of sp³-hybridized carbons (Fsp3) is 0.0667. The van der Waals surface area contributed by atoms with Crippen LogP contribution in [0.2, 0.25) is 5.02 Å². The van der Waals surface area contributed by atoms with E-state index in [4.69, 9.17) is 11.6 Å². The summed E-state index contributed by atoms with van der Waals surface area (Å²) >= 11 is 7.46. The minimum Gasteiger partial charge on any atom is -0.323 e. The van der Waals surface area contributed by atoms with Crippen molar-refractivity contribution in [3.8, 4) is 0 Å². The molecule has 1 aromatic heterocycles. The second-order valence-electron chi connectivity index (χ2n) is 4.37. The Balaban J connectivity index is 1.59. The zero-order valence-electron chi connectivity index (χ0n) is 11.1. The van der Waals surface area contributed by atoms with Gasteiger partial charge in [-0.2, -0.15) is 4.98 Å². The maximum atomic E-state index is 5.87. The molecular weight excluding hydrogens is 304 g/mol. The number of hydrogen-bond donors (Lipinski definition) is 2. The molecule has 3 rings (SSSR count). The SMILES string of the molecule is Clc1ccc(CSc2nc(Nc3ccccc3)n[nH]2)cc1. The molecule has 0 atom stereocenters. The van der Waals surface area contributed by atoms with Crippen LogP contribution >= 0.6 is 23.4 Å². The maximum absolute atomic E-state index is 5.87. The molecule has 0 bridgehead atoms. The van der Waals surface area contributed by atoms with Gasteiger partial charge in [-0.3, -0.25) is 5.10 Å². The van der Waals surface area contributed by atoms with E-state index in [-0.39, 0.29) is 0 Å². The van der Waals surface area contributed by atoms with Gasteiger partial charge in [0.05, 0.1) is 0 Å². The first kappa shape index (κ1) is 14.0. The van der Waals surface area contributed by atoms with Crippen molar-refractivity contribution in [3.05, 3.63) is 65.2 Å². The summed E-state index contributed by atoms with van der Waals surface area (Å²) < 4.78 is 0. The Bertz CT molecular complexity index is 697. The first-order valence-electron chi connectivity index (χ1n) is 6.41. The maximum Gasteiger partial charge on any atom is 0.247 e. The van der Waals surface area contributed by atoms with E-state index in [9.17, 15) is 0 Å². The highest BCUT2D eigenvalue weighted by Crippen LogP contribution is 2.22. The third-order valence-corrected chi connectivity index (χ3v) is 3.97. The highest BCUT2D eigenvalue weighted by molar-refractivity contribution is 7.98. The number of anilines is 2. The quantitative estimate of drug-likeness (QED) is 0.681. The molecule has 0 unspecified atom stereocenters. The van der Waals surface area contributed by atoms with Gasteiger partial charge in [0.1, 0.15) is 0 Å². The summed E-state index contributed by atoms with van der Waals surface area (Å²) in [5, 5.41) is 11.7. The molecule has 4 nitrogen and oxygen atoms in total. The number of halogens is 1. The van der Waals surface area contributed by atoms with Gasteiger partial charge < -0.3 is 5.32 Å². The minimum atomic E-state index is 0.569. The third-order valence-electron chi connectivity index (χ3n) is 2.78. The molecular formula is C15H13ClN4S. The highest BCUT2D eigenvalue weighted by atomic mass is 35.5. The zero-order chi connectivity index (χ0) is 14.5. The van der Waals surface area contributed by atoms with E-state index in [1.807, 2.05) is 54.6 Å². The van der Waals surface area contributed by atoms with Gasteiger partial charge in [0.25, 0.3) is 0 Å². The van der Waals surface area contributed by atoms with E-state index in [1.54, 1.807) is 11.8 Å². The van der Waals surface area contributed by atoms with Crippen LogP contribution in [0.4, 0.5) is 11.6 Å². The monoisotopic (exact) mass is 316 g/mol. The Morgan fingerprint density at radius 3 is 2.57 bits per heavy atom. The average molecular weight is 317 g/mol. The molecule has 0 aliphatic heterocycles. The second-order valence-corrected chi connectivity index (χ2v) is 5.77. The van der Waals surface area contributed by atoms with Gasteiger partial charge in [-0.1, -0.05) is 53.7 Å². The molecule has 2 aromatic carbocycles. The number of hydrogen-bond acceptors (Lipinski definition) is 4. The number of nitrogens with zero attached hydrogens (tertiary/aromatic N) is 2. The van der Waals surface area contributed by atoms with Gasteiger partial charge in [0.15, 0.2) is 5.16 Å². The van der Waals surface area contributed by atoms with Crippen molar-refractivity contribution in [1.29, 1.82) is 0 Å². The summed E-state index contributed by atoms with van der Waals surface area (Å²) in [4.78, 5) is 4.40. The van der Waals surface area contributed by atoms with Crippen molar-refractivity contribution in [2.24, 2.45) is 0 Å². The van der Waals surface area contributed by atoms with Crippen LogP contribution in [-0.4, -0.2) is 15.2 Å². The number of thioether (sulfide) groups is 1. The highest BCUT2D eigenvalue weighted by Gasteiger charge is 2.04. The van der Waals surface area contributed by atoms with E-state index in [2.05, 4.69) is 20.5 Å². The molecule has 0 aliphatic carbocycles. The average Bonchev–Trinajstić information content (AvgIpc) is 2.95. The molecule has 0 fully saturated rings. The van der Waals surface area contributed by atoms with Gasteiger partial charge >= 0.3 is 0 Å². The van der Waals surface area contributed by atoms with Crippen molar-refractivity contribution in [2.75, 3.05) is 5.32 Å². The van der Waals surface area contributed by atoms with Crippen LogP contribution in [0.1, 0.15) is 5.56 Å². The number of rotatable bonds is 5. The lowest BCUT2D eigenvalue weighted by Gasteiger charge is -2.00. The van der Waals surface area contributed by atoms with Crippen LogP contribution in [-0.2, 0) is 5.75 Å². The van der Waals surface area contributed by atoms with Crippen molar-refractivity contribution in [3.63, 3.8) is 0 Å². The van der Waals surface area contributed by atoms with Gasteiger partial charge in [-0.05, 0) is 29.8 Å². The van der Waals surface area contributed by atoms with Crippen LogP contribution in [0.25, 0.3) is 0 Å². The standard InChI is InChI=1S/C15H13ClN4S/c16-12-8-6-11(7-9-12)10-21-15-18-14(19-20-15)17-13-4-2-1-3-5-13/h1-9H,10H2,(H2,17,18,19,20). The lowest BCUT2D eigenvalue weighted by molar-refractivity contribution is 0.973. The van der Waals surface area contributed by atoms with Gasteiger partial charge in [0.2, 0.25) is 5.95 Å². The topological polar surface area (TPSA) is 53.6 Å². The molecule has 0 spiro atoms. The Morgan fingerprint density at radius 2 is 1.81 bits per heavy atom. The van der Waals surface area contributed by atoms with Crippen LogP contribution < -0.4 is 5.32 Å². The predicted molar refractivity (Wildman–Crippen MR) is 87.1 cm³/mol. The Kier molecular flexibility index (Phi) is 4.43. The fourth-order valence-electron chi connectivity index (χ4n) is 1.75. The van der Waals surface area contributed by atoms with E-state index >= 15 is 0 Å². The molecule has 0 saturated carbocycles. The summed E-state index contributed by atoms with van der Waals surface area (Å²) in [7, 11) is 0. The van der Waals surface area contributed by atoms with Crippen LogP contribution in [0.3, 0.4) is 0 Å². The molecule has 21 heavy (non-hydrogen) atoms. The van der Waals surface area contributed by atoms with Crippen LogP contribution in [0.15, 0.2) is 59.8 Å². The first-order valence-corrected chi connectivity index (χ1v) is 7.78. The summed E-state index contributed by atoms with van der Waals surface area (Å²) in [6.45, 7) is 0. The smallest absolute Gasteiger partial charge is 0.247 e. The number of H-pyrrole nitrogens is 1. The van der Waals surface area contributed by atoms with Crippen molar-refractivity contribution >= 4 is 35.0 Å². The largest absolute Gasteiger partial charge is 0.323 e. The Morgan fingerprint density at radius 1 is 1.05 bits per heavy atom.